The number of nitro benzene ring substituents is 1. The van der Waals surface area contributed by atoms with Gasteiger partial charge in [0.25, 0.3) is 0 Å². The minimum atomic E-state index is -0.352. The highest BCUT2D eigenvalue weighted by molar-refractivity contribution is 5.87. The number of methoxy groups -OCH3 is 1. The Labute approximate surface area is 141 Å². The molecule has 4 atom stereocenters. The van der Waals surface area contributed by atoms with Gasteiger partial charge in [0, 0.05) is 17.9 Å². The van der Waals surface area contributed by atoms with Crippen LogP contribution in [0.2, 0.25) is 0 Å². The molecule has 0 N–H and O–H groups in total. The smallest absolute Gasteiger partial charge is 0.311 e. The molecular weight excluding hydrogens is 306 g/mol. The van der Waals surface area contributed by atoms with Crippen molar-refractivity contribution in [3.8, 4) is 5.75 Å². The second kappa shape index (κ2) is 5.30. The molecule has 0 bridgehead atoms. The molecule has 0 radical (unpaired) electrons. The molecule has 3 aliphatic carbocycles. The number of ether oxygens (including phenoxy) is 1. The van der Waals surface area contributed by atoms with Crippen molar-refractivity contribution in [1.29, 1.82) is 0 Å². The largest absolute Gasteiger partial charge is 0.490 e. The molecule has 5 heteroatoms. The van der Waals surface area contributed by atoms with E-state index in [4.69, 9.17) is 4.74 Å². The number of nitro groups is 1. The number of carbonyl (C=O) groups is 1. The van der Waals surface area contributed by atoms with E-state index in [9.17, 15) is 14.9 Å². The SMILES string of the molecule is COc1cc2c(cc1[N+](=O)[O-])[C@@H]1CC[C@]3(C)C(=O)CC[C@@H]3[C@H]1CC2. The molecule has 0 aliphatic heterocycles. The first-order valence-electron chi connectivity index (χ1n) is 8.84. The zero-order valence-electron chi connectivity index (χ0n) is 14.2. The Bertz CT molecular complexity index is 728. The van der Waals surface area contributed by atoms with E-state index >= 15 is 0 Å². The van der Waals surface area contributed by atoms with Gasteiger partial charge in [-0.25, -0.2) is 0 Å². The summed E-state index contributed by atoms with van der Waals surface area (Å²) < 4.78 is 5.22. The first-order chi connectivity index (χ1) is 11.5. The zero-order valence-corrected chi connectivity index (χ0v) is 14.2. The lowest BCUT2D eigenvalue weighted by Gasteiger charge is -2.48. The average Bonchev–Trinajstić information content (AvgIpc) is 2.88. The first kappa shape index (κ1) is 15.6. The Morgan fingerprint density at radius 2 is 2.04 bits per heavy atom. The van der Waals surface area contributed by atoms with E-state index in [1.54, 1.807) is 6.07 Å². The third-order valence-corrected chi connectivity index (χ3v) is 6.93. The molecule has 1 aromatic carbocycles. The van der Waals surface area contributed by atoms with E-state index in [0.717, 1.165) is 37.7 Å². The fourth-order valence-electron chi connectivity index (χ4n) is 5.66. The molecular formula is C19H23NO4. The number of nitrogens with zero attached hydrogens (tertiary/aromatic N) is 1. The molecule has 5 nitrogen and oxygen atoms in total. The maximum atomic E-state index is 12.4. The number of ketones is 1. The van der Waals surface area contributed by atoms with Gasteiger partial charge in [-0.2, -0.15) is 0 Å². The highest BCUT2D eigenvalue weighted by Gasteiger charge is 2.54. The summed E-state index contributed by atoms with van der Waals surface area (Å²) in [4.78, 5) is 23.4. The standard InChI is InChI=1S/C19H23NO4/c1-19-8-7-12-13(15(19)5-6-18(19)21)4-3-11-9-17(24-2)16(20(22)23)10-14(11)12/h9-10,12-13,15H,3-8H2,1-2H3/t12-,13+,15-,19+/m1/s1. The van der Waals surface area contributed by atoms with Crippen LogP contribution in [-0.4, -0.2) is 17.8 Å². The fourth-order valence-corrected chi connectivity index (χ4v) is 5.66. The molecule has 24 heavy (non-hydrogen) atoms. The number of fused-ring (bicyclic) bond motifs is 5. The predicted molar refractivity (Wildman–Crippen MR) is 89.3 cm³/mol. The van der Waals surface area contributed by atoms with Crippen LogP contribution in [0.25, 0.3) is 0 Å². The minimum Gasteiger partial charge on any atom is -0.490 e. The number of carbonyl (C=O) groups excluding carboxylic acids is 1. The predicted octanol–water partition coefficient (Wildman–Crippen LogP) is 4.03. The second-order valence-electron chi connectivity index (χ2n) is 7.81. The molecule has 0 heterocycles. The summed E-state index contributed by atoms with van der Waals surface area (Å²) in [6.45, 7) is 2.15. The van der Waals surface area contributed by atoms with E-state index in [2.05, 4.69) is 6.92 Å². The van der Waals surface area contributed by atoms with Crippen LogP contribution in [0, 0.1) is 27.4 Å². The van der Waals surface area contributed by atoms with Gasteiger partial charge in [0.1, 0.15) is 5.78 Å². The molecule has 1 aromatic rings. The molecule has 0 aromatic heterocycles. The van der Waals surface area contributed by atoms with Gasteiger partial charge in [0.15, 0.2) is 5.75 Å². The van der Waals surface area contributed by atoms with Gasteiger partial charge in [0.05, 0.1) is 12.0 Å². The Hall–Kier alpha value is -1.91. The summed E-state index contributed by atoms with van der Waals surface area (Å²) >= 11 is 0. The molecule has 3 aliphatic rings. The summed E-state index contributed by atoms with van der Waals surface area (Å²) in [6, 6.07) is 3.60. The van der Waals surface area contributed by atoms with Crippen LogP contribution in [0.5, 0.6) is 5.75 Å². The van der Waals surface area contributed by atoms with Crippen LogP contribution in [0.4, 0.5) is 5.69 Å². The molecule has 4 rings (SSSR count). The molecule has 0 saturated heterocycles. The Morgan fingerprint density at radius 3 is 2.75 bits per heavy atom. The van der Waals surface area contributed by atoms with Crippen molar-refractivity contribution >= 4 is 11.5 Å². The van der Waals surface area contributed by atoms with E-state index in [-0.39, 0.29) is 16.0 Å². The van der Waals surface area contributed by atoms with Crippen LogP contribution in [0.1, 0.15) is 56.1 Å². The van der Waals surface area contributed by atoms with Crippen LogP contribution >= 0.6 is 0 Å². The van der Waals surface area contributed by atoms with Crippen molar-refractivity contribution in [2.75, 3.05) is 7.11 Å². The second-order valence-corrected chi connectivity index (χ2v) is 7.81. The molecule has 128 valence electrons. The fraction of sp³-hybridized carbons (Fsp3) is 0.632. The topological polar surface area (TPSA) is 69.4 Å². The zero-order chi connectivity index (χ0) is 17.1. The van der Waals surface area contributed by atoms with Crippen LogP contribution in [0.15, 0.2) is 12.1 Å². The van der Waals surface area contributed by atoms with Crippen molar-refractivity contribution in [2.45, 2.75) is 51.4 Å². The molecule has 2 saturated carbocycles. The van der Waals surface area contributed by atoms with Crippen molar-refractivity contribution in [3.05, 3.63) is 33.4 Å². The molecule has 0 unspecified atom stereocenters. The van der Waals surface area contributed by atoms with E-state index in [0.29, 0.717) is 35.7 Å². The number of aryl methyl sites for hydroxylation is 1. The quantitative estimate of drug-likeness (QED) is 0.607. The molecule has 0 amide bonds. The Kier molecular flexibility index (Phi) is 3.44. The van der Waals surface area contributed by atoms with Gasteiger partial charge < -0.3 is 4.74 Å². The van der Waals surface area contributed by atoms with Crippen molar-refractivity contribution in [3.63, 3.8) is 0 Å². The Morgan fingerprint density at radius 1 is 1.25 bits per heavy atom. The maximum absolute atomic E-state index is 12.4. The van der Waals surface area contributed by atoms with Gasteiger partial charge in [-0.15, -0.1) is 0 Å². The summed E-state index contributed by atoms with van der Waals surface area (Å²) in [5.74, 6) is 2.06. The van der Waals surface area contributed by atoms with Gasteiger partial charge in [-0.3, -0.25) is 14.9 Å². The van der Waals surface area contributed by atoms with Crippen molar-refractivity contribution in [2.24, 2.45) is 17.3 Å². The van der Waals surface area contributed by atoms with E-state index < -0.39 is 0 Å². The first-order valence-corrected chi connectivity index (χ1v) is 8.84. The lowest BCUT2D eigenvalue weighted by Crippen LogP contribution is -2.42. The number of hydrogen-bond acceptors (Lipinski definition) is 4. The van der Waals surface area contributed by atoms with Crippen molar-refractivity contribution < 1.29 is 14.5 Å². The summed E-state index contributed by atoms with van der Waals surface area (Å²) in [7, 11) is 1.48. The normalized spacial score (nSPS) is 34.2. The number of rotatable bonds is 2. The maximum Gasteiger partial charge on any atom is 0.311 e. The monoisotopic (exact) mass is 329 g/mol. The van der Waals surface area contributed by atoms with E-state index in [1.807, 2.05) is 6.07 Å². The van der Waals surface area contributed by atoms with Crippen LogP contribution < -0.4 is 4.74 Å². The molecule has 0 spiro atoms. The van der Waals surface area contributed by atoms with Gasteiger partial charge in [-0.05, 0) is 67.1 Å². The number of benzene rings is 1. The minimum absolute atomic E-state index is 0.0627. The number of hydrogen-bond donors (Lipinski definition) is 0. The number of Topliss-reactive ketones (excluding diaryl/α,β-unsaturated/α-hetero) is 1. The van der Waals surface area contributed by atoms with Gasteiger partial charge in [0.2, 0.25) is 0 Å². The summed E-state index contributed by atoms with van der Waals surface area (Å²) in [6.07, 6.45) is 5.57. The average molecular weight is 329 g/mol. The molecule has 2 fully saturated rings. The van der Waals surface area contributed by atoms with Crippen LogP contribution in [0.3, 0.4) is 0 Å². The van der Waals surface area contributed by atoms with Crippen molar-refractivity contribution in [1.82, 2.24) is 0 Å². The van der Waals surface area contributed by atoms with Gasteiger partial charge in [-0.1, -0.05) is 6.92 Å². The van der Waals surface area contributed by atoms with Gasteiger partial charge >= 0.3 is 5.69 Å². The lowest BCUT2D eigenvalue weighted by atomic mass is 9.55. The Balaban J connectivity index is 1.76. The highest BCUT2D eigenvalue weighted by atomic mass is 16.6. The summed E-state index contributed by atoms with van der Waals surface area (Å²) in [5.41, 5.74) is 2.22. The van der Waals surface area contributed by atoms with E-state index in [1.165, 1.54) is 12.7 Å². The highest BCUT2D eigenvalue weighted by Crippen LogP contribution is 2.60. The lowest BCUT2D eigenvalue weighted by molar-refractivity contribution is -0.385. The summed E-state index contributed by atoms with van der Waals surface area (Å²) in [5, 5.41) is 11.4. The third-order valence-electron chi connectivity index (χ3n) is 6.93. The third kappa shape index (κ3) is 2.03. The van der Waals surface area contributed by atoms with Crippen LogP contribution in [-0.2, 0) is 11.2 Å².